The van der Waals surface area contributed by atoms with E-state index in [4.69, 9.17) is 58.8 Å². The van der Waals surface area contributed by atoms with Crippen molar-refractivity contribution in [3.63, 3.8) is 0 Å². The number of sulfonamides is 4. The van der Waals surface area contributed by atoms with Crippen LogP contribution in [0.1, 0.15) is 242 Å². The van der Waals surface area contributed by atoms with Gasteiger partial charge in [0.2, 0.25) is 23.5 Å². The monoisotopic (exact) mass is 1820 g/mol. The van der Waals surface area contributed by atoms with Gasteiger partial charge in [-0.2, -0.15) is 0 Å². The number of anilines is 8. The molecule has 0 aliphatic carbocycles. The van der Waals surface area contributed by atoms with Crippen LogP contribution in [0.5, 0.6) is 0 Å². The zero-order valence-electron chi connectivity index (χ0n) is 96.2. The van der Waals surface area contributed by atoms with Gasteiger partial charge in [-0.25, -0.2) is 52.6 Å². The number of aromatic nitrogens is 4. The Balaban J connectivity index is 0.000000227. The second-order valence-electron chi connectivity index (χ2n) is 25.0. The van der Waals surface area contributed by atoms with E-state index in [1.54, 1.807) is 32.4 Å². The molecule has 12 rings (SSSR count). The summed E-state index contributed by atoms with van der Waals surface area (Å²) in [6.07, 6.45) is 0. The van der Waals surface area contributed by atoms with Crippen molar-refractivity contribution < 1.29 is 135 Å². The summed E-state index contributed by atoms with van der Waals surface area (Å²) >= 11 is 2.79. The molecule has 0 aliphatic heterocycles. The highest BCUT2D eigenvalue weighted by Crippen LogP contribution is 2.36. The number of rotatable bonds is 24. The zero-order valence-corrected chi connectivity index (χ0v) is 69.8. The maximum absolute atomic E-state index is 13.4. The quantitative estimate of drug-likeness (QED) is 0.0260. The van der Waals surface area contributed by atoms with Gasteiger partial charge in [-0.1, -0.05) is 44.9 Å². The third-order valence-corrected chi connectivity index (χ3v) is 25.9. The number of nitrogens with one attached hydrogen (secondary N) is 8. The Bertz CT molecular complexity index is 8010. The largest absolute Gasteiger partial charge is 0.337 e. The minimum atomic E-state index is -4.98. The number of hydrogen-bond acceptors (Lipinski definition) is 28. The van der Waals surface area contributed by atoms with Gasteiger partial charge >= 0.3 is 0 Å². The van der Waals surface area contributed by atoms with E-state index in [1.165, 1.54) is 81.9 Å². The van der Waals surface area contributed by atoms with Gasteiger partial charge in [-0.05, 0) is 252 Å². The van der Waals surface area contributed by atoms with Crippen molar-refractivity contribution in [1.82, 2.24) is 20.6 Å². The topological polar surface area (TPSA) is 473 Å². The molecule has 40 heteroatoms. The van der Waals surface area contributed by atoms with Crippen LogP contribution in [0.4, 0.5) is 46.3 Å². The van der Waals surface area contributed by atoms with Gasteiger partial charge < -0.3 is 39.4 Å². The highest BCUT2D eigenvalue weighted by Gasteiger charge is 2.33. The molecule has 12 aromatic rings. The average molecular weight is 1820 g/mol. The molecule has 0 fully saturated rings. The maximum atomic E-state index is 13.4. The second-order valence-corrected chi connectivity index (χ2v) is 35.3. The van der Waals surface area contributed by atoms with Crippen molar-refractivity contribution in [2.45, 2.75) is 157 Å². The lowest BCUT2D eigenvalue weighted by molar-refractivity contribution is 0.100. The minimum absolute atomic E-state index is 0.0477. The molecule has 120 heavy (non-hydrogen) atoms. The number of hydrogen-bond donors (Lipinski definition) is 8. The first kappa shape index (κ1) is 55.8. The molecule has 0 spiro atoms. The SMILES string of the molecule is [2H]C([2H])([2H])C(=O)c1cc(C([2H])([2H])[2H])cc(C([2H])([2H])[2H])c1NC(=O)c1sccc1S(=O)(=O)Nc1onc(C([2H])([2H])[2H])c1C([2H])([2H])[2H].[2H]c1c(C)cc(C)c(NC(=O)c2sccc2S(=O)(=O)Nc2onc(C([2H])([2H])[2H])c2C)c1C(=O)C([2H])([2H])[2H].[2H]c1c(C)cc(C)c(NC(=O)c2sccc2S(=O)(=O)Nc2onc(C)c2C([2H])([2H])[2H])c1C(=O)C([2H])([2H])[2H].[2H]c1c(C)cc(C)c(NC(=O)c2sccc2S(=O)(=O)Nc2onc(C)c2C)c1C(=O)C([2H])([2H])[2H]. The lowest BCUT2D eigenvalue weighted by atomic mass is 10.0. The number of nitrogens with zero attached hydrogens (tertiary/aromatic N) is 4. The first-order chi connectivity index (χ1) is 69.4. The molecule has 0 saturated carbocycles. The van der Waals surface area contributed by atoms with E-state index in [9.17, 15) is 72.0 Å². The summed E-state index contributed by atoms with van der Waals surface area (Å²) in [5, 5.41) is 28.1. The van der Waals surface area contributed by atoms with Crippen molar-refractivity contribution in [3.05, 3.63) is 226 Å². The summed E-state index contributed by atoms with van der Waals surface area (Å²) in [7, 11) is -18.3. The van der Waals surface area contributed by atoms with Crippen LogP contribution in [0.3, 0.4) is 0 Å². The number of Topliss-reactive ketones (excluding diaryl/α,β-unsaturated/α-hetero) is 4. The number of thiophene rings is 4. The highest BCUT2D eigenvalue weighted by atomic mass is 32.2. The van der Waals surface area contributed by atoms with Gasteiger partial charge in [0.15, 0.2) is 23.1 Å². The van der Waals surface area contributed by atoms with Gasteiger partial charge in [0.25, 0.3) is 63.7 Å². The molecule has 632 valence electrons. The van der Waals surface area contributed by atoms with Gasteiger partial charge in [-0.3, -0.25) is 38.4 Å². The maximum Gasteiger partial charge on any atom is 0.267 e. The third-order valence-electron chi connectivity index (χ3n) is 16.3. The Morgan fingerprint density at radius 2 is 0.592 bits per heavy atom. The van der Waals surface area contributed by atoms with Crippen LogP contribution in [0.15, 0.2) is 132 Å². The molecule has 0 aliphatic rings. The average Bonchev–Trinajstić information content (AvgIpc) is 0.886. The molecule has 8 heterocycles. The highest BCUT2D eigenvalue weighted by molar-refractivity contribution is 7.94. The van der Waals surface area contributed by atoms with Crippen LogP contribution in [-0.2, 0) is 40.1 Å². The summed E-state index contributed by atoms with van der Waals surface area (Å²) in [5.41, 5.74) is -5.91. The van der Waals surface area contributed by atoms with Crippen LogP contribution in [0.25, 0.3) is 0 Å². The normalized spacial score (nSPS) is 16.5. The van der Waals surface area contributed by atoms with Crippen LogP contribution in [0, 0.1) is 110 Å². The fraction of sp³-hybridized carbons (Fsp3) is 0.250. The minimum Gasteiger partial charge on any atom is -0.337 e. The van der Waals surface area contributed by atoms with Gasteiger partial charge in [-0.15, -0.1) is 45.3 Å². The van der Waals surface area contributed by atoms with Crippen molar-refractivity contribution in [2.24, 2.45) is 0 Å². The summed E-state index contributed by atoms with van der Waals surface area (Å²) in [5.74, 6) is -12.2. The summed E-state index contributed by atoms with van der Waals surface area (Å²) in [4.78, 5) is 99.7. The third kappa shape index (κ3) is 21.0. The standard InChI is InChI=1S/4C20H21N3O5S2/c4*1-10-8-11(2)17(15(9-10)14(5)24)21-19(25)18-16(6-7-29-18)30(26,27)23-20-12(3)13(4)22-28-20/h4*6-9,23H,1-5H3,(H,21,25)/i1D3,2D3,3D3,4D3,5D3;4D3,5D3,9D;3D3,5D3,9D;5D3,9D. The van der Waals surface area contributed by atoms with Crippen LogP contribution in [0.2, 0.25) is 0 Å². The van der Waals surface area contributed by atoms with Gasteiger partial charge in [0.1, 0.15) is 39.1 Å². The van der Waals surface area contributed by atoms with Crippen molar-refractivity contribution in [1.29, 1.82) is 0 Å². The van der Waals surface area contributed by atoms with E-state index in [-0.39, 0.29) is 77.4 Å². The Hall–Kier alpha value is -11.9. The predicted molar refractivity (Wildman–Crippen MR) is 460 cm³/mol. The molecule has 0 radical (unpaired) electrons. The van der Waals surface area contributed by atoms with Gasteiger partial charge in [0.05, 0.1) is 49.6 Å². The van der Waals surface area contributed by atoms with E-state index in [0.29, 0.717) is 62.5 Å². The Kier molecular flexibility index (Phi) is 17.3. The lowest BCUT2D eigenvalue weighted by Gasteiger charge is -2.14. The molecule has 8 aromatic heterocycles. The van der Waals surface area contributed by atoms with Crippen LogP contribution < -0.4 is 40.2 Å². The molecule has 4 aromatic carbocycles. The smallest absolute Gasteiger partial charge is 0.267 e. The van der Waals surface area contributed by atoms with E-state index < -0.39 is 254 Å². The van der Waals surface area contributed by atoms with E-state index in [2.05, 4.69) is 50.5 Å². The Labute approximate surface area is 754 Å². The Morgan fingerprint density at radius 1 is 0.325 bits per heavy atom. The van der Waals surface area contributed by atoms with Crippen molar-refractivity contribution in [3.8, 4) is 0 Å². The lowest BCUT2D eigenvalue weighted by Crippen LogP contribution is -2.20. The van der Waals surface area contributed by atoms with Crippen molar-refractivity contribution >= 4 is 178 Å². The van der Waals surface area contributed by atoms with Crippen LogP contribution in [-0.4, -0.2) is 101 Å². The molecular formula is C80H84N12O20S8. The van der Waals surface area contributed by atoms with Gasteiger partial charge in [0, 0.05) is 85.6 Å². The fourth-order valence-electron chi connectivity index (χ4n) is 10.4. The first-order valence-electron chi connectivity index (χ1n) is 49.7. The number of aryl methyl sites for hydroxylation is 12. The zero-order chi connectivity index (χ0) is 116. The molecular weight excluding hydrogens is 1710 g/mol. The predicted octanol–water partition coefficient (Wildman–Crippen LogP) is 16.9. The molecule has 8 N–H and O–H groups in total. The summed E-state index contributed by atoms with van der Waals surface area (Å²) in [6, 6.07) is 8.93. The number of carbonyl (C=O) groups excluding carboxylic acids is 8. The molecule has 0 atom stereocenters. The number of carbonyl (C=O) groups is 8. The van der Waals surface area contributed by atoms with E-state index >= 15 is 0 Å². The second kappa shape index (κ2) is 37.2. The molecule has 4 amide bonds. The van der Waals surface area contributed by atoms with Crippen LogP contribution >= 0.6 is 45.3 Å². The summed E-state index contributed by atoms with van der Waals surface area (Å²) in [6.45, 7) is -15.6. The number of amides is 4. The number of ketones is 4. The molecule has 0 unspecified atom stereocenters. The summed E-state index contributed by atoms with van der Waals surface area (Å²) < 4.78 is 383. The Morgan fingerprint density at radius 3 is 0.875 bits per heavy atom. The molecule has 32 nitrogen and oxygen atoms in total. The van der Waals surface area contributed by atoms with E-state index in [0.717, 1.165) is 57.6 Å². The first-order valence-corrected chi connectivity index (χ1v) is 42.6. The fourth-order valence-corrected chi connectivity index (χ4v) is 19.8. The number of benzene rings is 4. The van der Waals surface area contributed by atoms with E-state index in [1.807, 2.05) is 10.0 Å². The molecule has 0 bridgehead atoms. The molecule has 0 saturated heterocycles. The van der Waals surface area contributed by atoms with Crippen molar-refractivity contribution in [2.75, 3.05) is 40.2 Å².